The number of sulfone groups is 1. The van der Waals surface area contributed by atoms with Gasteiger partial charge in [0, 0.05) is 45.1 Å². The van der Waals surface area contributed by atoms with E-state index in [0.29, 0.717) is 11.8 Å². The van der Waals surface area contributed by atoms with E-state index < -0.39 is 9.84 Å². The van der Waals surface area contributed by atoms with E-state index in [-0.39, 0.29) is 0 Å². The maximum atomic E-state index is 11.1. The summed E-state index contributed by atoms with van der Waals surface area (Å²) in [6.45, 7) is 10.8. The summed E-state index contributed by atoms with van der Waals surface area (Å²) in [6.07, 6.45) is 2.05. The molecule has 1 saturated heterocycles. The van der Waals surface area contributed by atoms with Gasteiger partial charge >= 0.3 is 0 Å². The van der Waals surface area contributed by atoms with Crippen molar-refractivity contribution in [3.05, 3.63) is 0 Å². The zero-order valence-electron chi connectivity index (χ0n) is 12.5. The van der Waals surface area contributed by atoms with Crippen LogP contribution in [-0.2, 0) is 14.6 Å². The van der Waals surface area contributed by atoms with Gasteiger partial charge in [0.1, 0.15) is 9.84 Å². The molecule has 0 aromatic heterocycles. The van der Waals surface area contributed by atoms with Crippen molar-refractivity contribution in [3.8, 4) is 0 Å². The van der Waals surface area contributed by atoms with Crippen LogP contribution in [0.2, 0.25) is 0 Å². The van der Waals surface area contributed by atoms with Crippen LogP contribution in [0.25, 0.3) is 0 Å². The van der Waals surface area contributed by atoms with Gasteiger partial charge in [-0.25, -0.2) is 8.42 Å². The number of piperazine rings is 1. The quantitative estimate of drug-likeness (QED) is 0.609. The zero-order chi connectivity index (χ0) is 14.3. The van der Waals surface area contributed by atoms with Gasteiger partial charge in [-0.05, 0) is 26.8 Å². The second-order valence-electron chi connectivity index (χ2n) is 5.37. The van der Waals surface area contributed by atoms with E-state index in [1.165, 1.54) is 6.26 Å². The largest absolute Gasteiger partial charge is 0.380 e. The Morgan fingerprint density at radius 2 is 2.00 bits per heavy atom. The lowest BCUT2D eigenvalue weighted by atomic mass is 10.2. The van der Waals surface area contributed by atoms with Gasteiger partial charge < -0.3 is 9.64 Å². The molecule has 0 N–H and O–H groups in total. The molecule has 5 nitrogen and oxygen atoms in total. The summed E-state index contributed by atoms with van der Waals surface area (Å²) in [5.74, 6) is 0.298. The molecule has 0 aliphatic carbocycles. The minimum absolute atomic E-state index is 0.298. The van der Waals surface area contributed by atoms with E-state index in [9.17, 15) is 8.42 Å². The minimum atomic E-state index is -2.82. The van der Waals surface area contributed by atoms with Crippen LogP contribution in [0.4, 0.5) is 0 Å². The van der Waals surface area contributed by atoms with Crippen LogP contribution in [0.5, 0.6) is 0 Å². The van der Waals surface area contributed by atoms with Crippen molar-refractivity contribution in [2.45, 2.75) is 26.3 Å². The molecule has 114 valence electrons. The Kier molecular flexibility index (Phi) is 7.28. The molecule has 1 aliphatic rings. The van der Waals surface area contributed by atoms with Crippen molar-refractivity contribution in [1.29, 1.82) is 0 Å². The zero-order valence-corrected chi connectivity index (χ0v) is 13.3. The number of ether oxygens (including phenoxy) is 1. The monoisotopic (exact) mass is 292 g/mol. The Bertz CT molecular complexity index is 346. The highest BCUT2D eigenvalue weighted by atomic mass is 32.2. The fourth-order valence-corrected chi connectivity index (χ4v) is 3.14. The van der Waals surface area contributed by atoms with Gasteiger partial charge in [-0.1, -0.05) is 0 Å². The van der Waals surface area contributed by atoms with Crippen molar-refractivity contribution in [2.75, 3.05) is 57.9 Å². The highest BCUT2D eigenvalue weighted by Crippen LogP contribution is 2.09. The minimum Gasteiger partial charge on any atom is -0.380 e. The predicted octanol–water partition coefficient (Wildman–Crippen LogP) is 0.464. The summed E-state index contributed by atoms with van der Waals surface area (Å²) < 4.78 is 27.6. The molecule has 0 spiro atoms. The SMILES string of the molecule is CCOCCN1CCN(CCCS(C)(=O)=O)C[C@@H]1C. The van der Waals surface area contributed by atoms with Crippen LogP contribution in [0, 0.1) is 0 Å². The smallest absolute Gasteiger partial charge is 0.147 e. The predicted molar refractivity (Wildman–Crippen MR) is 78.3 cm³/mol. The van der Waals surface area contributed by atoms with E-state index in [1.807, 2.05) is 6.92 Å². The molecule has 0 aromatic rings. The van der Waals surface area contributed by atoms with E-state index >= 15 is 0 Å². The van der Waals surface area contributed by atoms with Crippen molar-refractivity contribution in [2.24, 2.45) is 0 Å². The van der Waals surface area contributed by atoms with E-state index in [0.717, 1.165) is 52.4 Å². The molecule has 6 heteroatoms. The molecule has 0 aromatic carbocycles. The Hall–Kier alpha value is -0.170. The Morgan fingerprint density at radius 3 is 2.58 bits per heavy atom. The molecular formula is C13H28N2O3S. The van der Waals surface area contributed by atoms with Gasteiger partial charge in [-0.15, -0.1) is 0 Å². The van der Waals surface area contributed by atoms with Crippen molar-refractivity contribution in [3.63, 3.8) is 0 Å². The Balaban J connectivity index is 2.21. The summed E-state index contributed by atoms with van der Waals surface area (Å²) in [4.78, 5) is 4.82. The Morgan fingerprint density at radius 1 is 1.26 bits per heavy atom. The first kappa shape index (κ1) is 16.9. The number of hydrogen-bond donors (Lipinski definition) is 0. The molecule has 1 rings (SSSR count). The summed E-state index contributed by atoms with van der Waals surface area (Å²) in [7, 11) is -2.82. The molecule has 1 fully saturated rings. The fourth-order valence-electron chi connectivity index (χ4n) is 2.48. The molecule has 0 unspecified atom stereocenters. The summed E-state index contributed by atoms with van der Waals surface area (Å²) in [5, 5.41) is 0. The van der Waals surface area contributed by atoms with Crippen LogP contribution in [0.1, 0.15) is 20.3 Å². The van der Waals surface area contributed by atoms with Crippen LogP contribution >= 0.6 is 0 Å². The second-order valence-corrected chi connectivity index (χ2v) is 7.63. The molecule has 0 bridgehead atoms. The second kappa shape index (κ2) is 8.19. The lowest BCUT2D eigenvalue weighted by Crippen LogP contribution is -2.52. The average molecular weight is 292 g/mol. The maximum Gasteiger partial charge on any atom is 0.147 e. The van der Waals surface area contributed by atoms with Gasteiger partial charge in [0.2, 0.25) is 0 Å². The Labute approximate surface area is 117 Å². The van der Waals surface area contributed by atoms with Crippen molar-refractivity contribution >= 4 is 9.84 Å². The van der Waals surface area contributed by atoms with Crippen molar-refractivity contribution < 1.29 is 13.2 Å². The van der Waals surface area contributed by atoms with Crippen LogP contribution in [-0.4, -0.2) is 82.2 Å². The van der Waals surface area contributed by atoms with E-state index in [2.05, 4.69) is 16.7 Å². The number of hydrogen-bond acceptors (Lipinski definition) is 5. The molecular weight excluding hydrogens is 264 g/mol. The van der Waals surface area contributed by atoms with Gasteiger partial charge in [-0.2, -0.15) is 0 Å². The van der Waals surface area contributed by atoms with E-state index in [4.69, 9.17) is 4.74 Å². The molecule has 1 heterocycles. The van der Waals surface area contributed by atoms with E-state index in [1.54, 1.807) is 0 Å². The summed E-state index contributed by atoms with van der Waals surface area (Å²) >= 11 is 0. The standard InChI is InChI=1S/C13H28N2O3S/c1-4-18-10-9-15-8-7-14(12-13(15)2)6-5-11-19(3,16)17/h13H,4-12H2,1-3H3/t13-/m0/s1. The maximum absolute atomic E-state index is 11.1. The van der Waals surface area contributed by atoms with Gasteiger partial charge in [-0.3, -0.25) is 4.90 Å². The van der Waals surface area contributed by atoms with Gasteiger partial charge in [0.05, 0.1) is 12.4 Å². The van der Waals surface area contributed by atoms with Gasteiger partial charge in [0.25, 0.3) is 0 Å². The van der Waals surface area contributed by atoms with Crippen LogP contribution in [0.3, 0.4) is 0 Å². The van der Waals surface area contributed by atoms with Gasteiger partial charge in [0.15, 0.2) is 0 Å². The average Bonchev–Trinajstić information content (AvgIpc) is 2.30. The third-order valence-corrected chi connectivity index (χ3v) is 4.60. The highest BCUT2D eigenvalue weighted by Gasteiger charge is 2.22. The lowest BCUT2D eigenvalue weighted by molar-refractivity contribution is 0.0495. The first-order valence-electron chi connectivity index (χ1n) is 7.14. The molecule has 0 radical (unpaired) electrons. The first-order valence-corrected chi connectivity index (χ1v) is 9.20. The molecule has 0 amide bonds. The molecule has 0 saturated carbocycles. The molecule has 19 heavy (non-hydrogen) atoms. The summed E-state index contributed by atoms with van der Waals surface area (Å²) in [6, 6.07) is 0.521. The van der Waals surface area contributed by atoms with Crippen molar-refractivity contribution in [1.82, 2.24) is 9.80 Å². The number of rotatable bonds is 8. The number of nitrogens with zero attached hydrogens (tertiary/aromatic N) is 2. The fraction of sp³-hybridized carbons (Fsp3) is 1.00. The molecule has 1 atom stereocenters. The third-order valence-electron chi connectivity index (χ3n) is 3.57. The first-order chi connectivity index (χ1) is 8.92. The topological polar surface area (TPSA) is 49.9 Å². The molecule has 1 aliphatic heterocycles. The summed E-state index contributed by atoms with van der Waals surface area (Å²) in [5.41, 5.74) is 0. The normalized spacial score (nSPS) is 22.8. The van der Waals surface area contributed by atoms with Crippen LogP contribution < -0.4 is 0 Å². The third kappa shape index (κ3) is 7.25. The highest BCUT2D eigenvalue weighted by molar-refractivity contribution is 7.90. The van der Waals surface area contributed by atoms with Crippen LogP contribution in [0.15, 0.2) is 0 Å². The lowest BCUT2D eigenvalue weighted by Gasteiger charge is -2.39.